The molecule has 4 aromatic heterocycles. The summed E-state index contributed by atoms with van der Waals surface area (Å²) in [6.07, 6.45) is 11.7. The van der Waals surface area contributed by atoms with Gasteiger partial charge in [0, 0.05) is 50.2 Å². The number of aromatic nitrogens is 6. The van der Waals surface area contributed by atoms with Crippen LogP contribution in [0.4, 0.5) is 5.82 Å². The number of aryl methyl sites for hydroxylation is 1. The normalized spacial score (nSPS) is 13.5. The second kappa shape index (κ2) is 10.4. The summed E-state index contributed by atoms with van der Waals surface area (Å²) in [5, 5.41) is 7.65. The molecule has 0 bridgehead atoms. The van der Waals surface area contributed by atoms with Gasteiger partial charge in [0.15, 0.2) is 0 Å². The molecule has 1 aromatic carbocycles. The van der Waals surface area contributed by atoms with Gasteiger partial charge in [-0.05, 0) is 43.1 Å². The van der Waals surface area contributed by atoms with E-state index in [1.165, 1.54) is 25.1 Å². The lowest BCUT2D eigenvalue weighted by Crippen LogP contribution is -2.38. The smallest absolute Gasteiger partial charge is 0.140 e. The van der Waals surface area contributed by atoms with E-state index in [9.17, 15) is 0 Å². The van der Waals surface area contributed by atoms with Crippen LogP contribution in [0.2, 0.25) is 0 Å². The first-order chi connectivity index (χ1) is 18.2. The average molecular weight is 495 g/mol. The number of nitrogens with zero attached hydrogens (tertiary/aromatic N) is 7. The number of likely N-dealkylation sites (tertiary alicyclic amines) is 1. The minimum absolute atomic E-state index is 0.662. The zero-order valence-electron chi connectivity index (χ0n) is 20.9. The highest BCUT2D eigenvalue weighted by Crippen LogP contribution is 2.24. The zero-order valence-corrected chi connectivity index (χ0v) is 20.9. The number of anilines is 1. The van der Waals surface area contributed by atoms with E-state index in [0.29, 0.717) is 13.2 Å². The van der Waals surface area contributed by atoms with Crippen molar-refractivity contribution in [2.24, 2.45) is 7.05 Å². The third-order valence-electron chi connectivity index (χ3n) is 6.72. The van der Waals surface area contributed by atoms with Crippen LogP contribution in [-0.4, -0.2) is 60.3 Å². The second-order valence-corrected chi connectivity index (χ2v) is 9.37. The fourth-order valence-corrected chi connectivity index (χ4v) is 4.50. The molecule has 0 atom stereocenters. The van der Waals surface area contributed by atoms with Crippen LogP contribution in [-0.2, 0) is 13.6 Å². The number of rotatable bonds is 10. The first-order valence-corrected chi connectivity index (χ1v) is 12.7. The number of hydrogen-bond acceptors (Lipinski definition) is 7. The Kier molecular flexibility index (Phi) is 6.51. The Balaban J connectivity index is 1.09. The predicted molar refractivity (Wildman–Crippen MR) is 143 cm³/mol. The molecule has 5 aromatic rings. The molecule has 0 unspecified atom stereocenters. The Morgan fingerprint density at radius 1 is 0.973 bits per heavy atom. The second-order valence-electron chi connectivity index (χ2n) is 9.37. The van der Waals surface area contributed by atoms with Gasteiger partial charge in [-0.2, -0.15) is 5.10 Å². The first-order valence-electron chi connectivity index (χ1n) is 12.7. The van der Waals surface area contributed by atoms with Crippen molar-refractivity contribution in [3.63, 3.8) is 0 Å². The Morgan fingerprint density at radius 2 is 1.86 bits per heavy atom. The Labute approximate surface area is 215 Å². The first kappa shape index (κ1) is 23.2. The van der Waals surface area contributed by atoms with E-state index in [0.717, 1.165) is 52.7 Å². The van der Waals surface area contributed by atoms with Crippen molar-refractivity contribution in [2.45, 2.75) is 19.4 Å². The molecule has 6 rings (SSSR count). The number of benzene rings is 1. The van der Waals surface area contributed by atoms with Gasteiger partial charge >= 0.3 is 0 Å². The largest absolute Gasteiger partial charge is 0.493 e. The SMILES string of the molecule is Cn1cc(-c2ccc(CNc3cc(-c4cnc5cc(OCCCN6CCC6)ccn45)ncn3)cc2)cn1. The molecule has 9 nitrogen and oxygen atoms in total. The van der Waals surface area contributed by atoms with Crippen LogP contribution in [0.1, 0.15) is 18.4 Å². The quantitative estimate of drug-likeness (QED) is 0.290. The van der Waals surface area contributed by atoms with E-state index in [2.05, 4.69) is 54.5 Å². The predicted octanol–water partition coefficient (Wildman–Crippen LogP) is 4.28. The lowest BCUT2D eigenvalue weighted by molar-refractivity contribution is 0.165. The van der Waals surface area contributed by atoms with Gasteiger partial charge in [0.05, 0.1) is 30.4 Å². The summed E-state index contributed by atoms with van der Waals surface area (Å²) in [5.41, 5.74) is 5.97. The van der Waals surface area contributed by atoms with Crippen molar-refractivity contribution in [1.29, 1.82) is 0 Å². The molecule has 0 spiro atoms. The maximum absolute atomic E-state index is 5.95. The highest BCUT2D eigenvalue weighted by molar-refractivity contribution is 5.64. The van der Waals surface area contributed by atoms with E-state index in [4.69, 9.17) is 4.74 Å². The summed E-state index contributed by atoms with van der Waals surface area (Å²) in [7, 11) is 1.92. The number of fused-ring (bicyclic) bond motifs is 1. The minimum atomic E-state index is 0.662. The Hall–Kier alpha value is -4.24. The molecule has 37 heavy (non-hydrogen) atoms. The number of nitrogens with one attached hydrogen (secondary N) is 1. The molecule has 0 amide bonds. The van der Waals surface area contributed by atoms with E-state index < -0.39 is 0 Å². The number of imidazole rings is 1. The van der Waals surface area contributed by atoms with Gasteiger partial charge in [0.1, 0.15) is 23.5 Å². The molecule has 0 radical (unpaired) electrons. The van der Waals surface area contributed by atoms with Crippen molar-refractivity contribution in [3.8, 4) is 28.3 Å². The van der Waals surface area contributed by atoms with Gasteiger partial charge in [0.2, 0.25) is 0 Å². The van der Waals surface area contributed by atoms with Gasteiger partial charge in [-0.15, -0.1) is 0 Å². The number of pyridine rings is 1. The summed E-state index contributed by atoms with van der Waals surface area (Å²) >= 11 is 0. The van der Waals surface area contributed by atoms with Gasteiger partial charge in [-0.3, -0.25) is 9.08 Å². The third kappa shape index (κ3) is 5.31. The minimum Gasteiger partial charge on any atom is -0.493 e. The van der Waals surface area contributed by atoms with Crippen LogP contribution in [0.5, 0.6) is 5.75 Å². The van der Waals surface area contributed by atoms with Crippen molar-refractivity contribution in [1.82, 2.24) is 34.0 Å². The molecular formula is C28H30N8O. The summed E-state index contributed by atoms with van der Waals surface area (Å²) in [6, 6.07) is 14.4. The molecule has 1 saturated heterocycles. The van der Waals surface area contributed by atoms with Crippen LogP contribution < -0.4 is 10.1 Å². The summed E-state index contributed by atoms with van der Waals surface area (Å²) in [5.74, 6) is 1.60. The van der Waals surface area contributed by atoms with Crippen LogP contribution >= 0.6 is 0 Å². The topological polar surface area (TPSA) is 85.4 Å². The van der Waals surface area contributed by atoms with Gasteiger partial charge in [0.25, 0.3) is 0 Å². The monoisotopic (exact) mass is 494 g/mol. The Morgan fingerprint density at radius 3 is 2.65 bits per heavy atom. The van der Waals surface area contributed by atoms with Gasteiger partial charge in [-0.1, -0.05) is 24.3 Å². The molecular weight excluding hydrogens is 464 g/mol. The van der Waals surface area contributed by atoms with E-state index >= 15 is 0 Å². The lowest BCUT2D eigenvalue weighted by atomic mass is 10.1. The van der Waals surface area contributed by atoms with Crippen molar-refractivity contribution in [2.75, 3.05) is 31.6 Å². The van der Waals surface area contributed by atoms with Gasteiger partial charge in [-0.25, -0.2) is 15.0 Å². The standard InChI is InChI=1S/C28H30N8O/c1-34-19-23(17-33-34)22-6-4-21(5-7-22)16-29-27-15-25(31-20-32-27)26-18-30-28-14-24(8-12-36(26)28)37-13-3-11-35-9-2-10-35/h4-8,12,14-15,17-20H,2-3,9-11,13,16H2,1H3,(H,29,31,32). The summed E-state index contributed by atoms with van der Waals surface area (Å²) < 4.78 is 9.79. The molecule has 9 heteroatoms. The molecule has 5 heterocycles. The van der Waals surface area contributed by atoms with Gasteiger partial charge < -0.3 is 15.0 Å². The molecule has 1 fully saturated rings. The third-order valence-corrected chi connectivity index (χ3v) is 6.72. The molecule has 0 aliphatic carbocycles. The average Bonchev–Trinajstić information content (AvgIpc) is 3.53. The van der Waals surface area contributed by atoms with Crippen LogP contribution in [0.3, 0.4) is 0 Å². The molecule has 1 N–H and O–H groups in total. The van der Waals surface area contributed by atoms with Crippen molar-refractivity contribution < 1.29 is 4.74 Å². The zero-order chi connectivity index (χ0) is 25.0. The fourth-order valence-electron chi connectivity index (χ4n) is 4.50. The van der Waals surface area contributed by atoms with Crippen molar-refractivity contribution >= 4 is 11.5 Å². The summed E-state index contributed by atoms with van der Waals surface area (Å²) in [4.78, 5) is 15.9. The van der Waals surface area contributed by atoms with Crippen LogP contribution in [0, 0.1) is 0 Å². The van der Waals surface area contributed by atoms with E-state index in [-0.39, 0.29) is 0 Å². The fraction of sp³-hybridized carbons (Fsp3) is 0.286. The van der Waals surface area contributed by atoms with E-state index in [1.54, 1.807) is 6.33 Å². The molecule has 1 aliphatic heterocycles. The maximum Gasteiger partial charge on any atom is 0.140 e. The van der Waals surface area contributed by atoms with E-state index in [1.807, 2.05) is 59.1 Å². The maximum atomic E-state index is 5.95. The lowest BCUT2D eigenvalue weighted by Gasteiger charge is -2.30. The van der Waals surface area contributed by atoms with Crippen molar-refractivity contribution in [3.05, 3.63) is 79.1 Å². The Bertz CT molecular complexity index is 1490. The van der Waals surface area contributed by atoms with Crippen LogP contribution in [0.15, 0.2) is 73.6 Å². The highest BCUT2D eigenvalue weighted by Gasteiger charge is 2.13. The summed E-state index contributed by atoms with van der Waals surface area (Å²) in [6.45, 7) is 4.94. The molecule has 188 valence electrons. The molecule has 1 aliphatic rings. The highest BCUT2D eigenvalue weighted by atomic mass is 16.5. The number of hydrogen-bond donors (Lipinski definition) is 1. The molecule has 0 saturated carbocycles. The number of ether oxygens (including phenoxy) is 1. The van der Waals surface area contributed by atoms with Crippen LogP contribution in [0.25, 0.3) is 28.2 Å².